The van der Waals surface area contributed by atoms with Gasteiger partial charge in [-0.15, -0.1) is 11.8 Å². The van der Waals surface area contributed by atoms with Gasteiger partial charge in [-0.2, -0.15) is 0 Å². The van der Waals surface area contributed by atoms with Crippen molar-refractivity contribution in [1.29, 1.82) is 0 Å². The van der Waals surface area contributed by atoms with Gasteiger partial charge in [0.25, 0.3) is 0 Å². The van der Waals surface area contributed by atoms with E-state index in [1.807, 2.05) is 24.3 Å². The second kappa shape index (κ2) is 6.85. The number of halogens is 1. The first kappa shape index (κ1) is 14.3. The average molecular weight is 295 g/mol. The van der Waals surface area contributed by atoms with Crippen LogP contribution in [0.25, 0.3) is 0 Å². The van der Waals surface area contributed by atoms with Gasteiger partial charge in [0.2, 0.25) is 0 Å². The first-order chi connectivity index (χ1) is 9.24. The summed E-state index contributed by atoms with van der Waals surface area (Å²) in [6.45, 7) is -0.0252. The van der Waals surface area contributed by atoms with Gasteiger partial charge in [-0.3, -0.25) is 0 Å². The molecule has 0 fully saturated rings. The van der Waals surface area contributed by atoms with E-state index in [1.165, 1.54) is 5.56 Å². The van der Waals surface area contributed by atoms with Crippen LogP contribution in [0.2, 0.25) is 5.02 Å². The molecule has 0 atom stereocenters. The van der Waals surface area contributed by atoms with Crippen molar-refractivity contribution in [3.05, 3.63) is 58.6 Å². The van der Waals surface area contributed by atoms with E-state index in [4.69, 9.17) is 16.3 Å². The monoisotopic (exact) mass is 294 g/mol. The number of hydrogen-bond donors (Lipinski definition) is 1. The molecule has 2 aromatic rings. The fourth-order valence-electron chi connectivity index (χ4n) is 1.75. The van der Waals surface area contributed by atoms with Gasteiger partial charge in [0.05, 0.1) is 23.6 Å². The number of methoxy groups -OCH3 is 1. The lowest BCUT2D eigenvalue weighted by molar-refractivity contribution is 0.281. The maximum absolute atomic E-state index is 9.23. The van der Waals surface area contributed by atoms with Crippen molar-refractivity contribution in [2.45, 2.75) is 17.3 Å². The lowest BCUT2D eigenvalue weighted by Gasteiger charge is -2.12. The fraction of sp³-hybridized carbons (Fsp3) is 0.200. The van der Waals surface area contributed by atoms with Crippen LogP contribution in [0.1, 0.15) is 11.1 Å². The molecule has 19 heavy (non-hydrogen) atoms. The van der Waals surface area contributed by atoms with Gasteiger partial charge in [0, 0.05) is 5.75 Å². The molecule has 2 nitrogen and oxygen atoms in total. The van der Waals surface area contributed by atoms with E-state index >= 15 is 0 Å². The average Bonchev–Trinajstić information content (AvgIpc) is 2.45. The third kappa shape index (κ3) is 3.66. The maximum atomic E-state index is 9.23. The standard InChI is InChI=1S/C15H15ClO2S/c1-18-15-13(16)7-12(9-17)8-14(15)19-10-11-5-3-2-4-6-11/h2-8,17H,9-10H2,1H3. The predicted molar refractivity (Wildman–Crippen MR) is 79.9 cm³/mol. The lowest BCUT2D eigenvalue weighted by atomic mass is 10.2. The normalized spacial score (nSPS) is 10.5. The number of aliphatic hydroxyl groups excluding tert-OH is 1. The predicted octanol–water partition coefficient (Wildman–Crippen LogP) is 4.13. The molecule has 0 saturated carbocycles. The number of rotatable bonds is 5. The molecule has 0 aliphatic heterocycles. The van der Waals surface area contributed by atoms with Gasteiger partial charge in [-0.1, -0.05) is 41.9 Å². The molecule has 0 saturated heterocycles. The first-order valence-electron chi connectivity index (χ1n) is 5.88. The number of ether oxygens (including phenoxy) is 1. The van der Waals surface area contributed by atoms with Crippen molar-refractivity contribution in [3.8, 4) is 5.75 Å². The molecular weight excluding hydrogens is 280 g/mol. The van der Waals surface area contributed by atoms with Gasteiger partial charge < -0.3 is 9.84 Å². The quantitative estimate of drug-likeness (QED) is 0.841. The van der Waals surface area contributed by atoms with Crippen LogP contribution in [-0.4, -0.2) is 12.2 Å². The highest BCUT2D eigenvalue weighted by Crippen LogP contribution is 2.38. The van der Waals surface area contributed by atoms with E-state index in [0.717, 1.165) is 16.2 Å². The van der Waals surface area contributed by atoms with Crippen molar-refractivity contribution in [2.75, 3.05) is 7.11 Å². The second-order valence-corrected chi connectivity index (χ2v) is 5.47. The molecule has 0 heterocycles. The highest BCUT2D eigenvalue weighted by Gasteiger charge is 2.10. The summed E-state index contributed by atoms with van der Waals surface area (Å²) in [6.07, 6.45) is 0. The molecule has 0 aliphatic rings. The van der Waals surface area contributed by atoms with E-state index in [1.54, 1.807) is 24.9 Å². The van der Waals surface area contributed by atoms with Crippen molar-refractivity contribution in [1.82, 2.24) is 0 Å². The number of thioether (sulfide) groups is 1. The SMILES string of the molecule is COc1c(Cl)cc(CO)cc1SCc1ccccc1. The molecule has 0 unspecified atom stereocenters. The maximum Gasteiger partial charge on any atom is 0.151 e. The smallest absolute Gasteiger partial charge is 0.151 e. The molecule has 0 amide bonds. The van der Waals surface area contributed by atoms with E-state index < -0.39 is 0 Å². The van der Waals surface area contributed by atoms with Crippen LogP contribution in [-0.2, 0) is 12.4 Å². The molecule has 0 aliphatic carbocycles. The number of aliphatic hydroxyl groups is 1. The van der Waals surface area contributed by atoms with Crippen LogP contribution in [0.3, 0.4) is 0 Å². The summed E-state index contributed by atoms with van der Waals surface area (Å²) in [7, 11) is 1.60. The molecular formula is C15H15ClO2S. The summed E-state index contributed by atoms with van der Waals surface area (Å²) in [5.41, 5.74) is 2.03. The van der Waals surface area contributed by atoms with E-state index in [2.05, 4.69) is 12.1 Å². The Morgan fingerprint density at radius 1 is 1.16 bits per heavy atom. The zero-order valence-electron chi connectivity index (χ0n) is 10.6. The van der Waals surface area contributed by atoms with Crippen molar-refractivity contribution in [3.63, 3.8) is 0 Å². The molecule has 0 spiro atoms. The van der Waals surface area contributed by atoms with E-state index in [9.17, 15) is 5.11 Å². The van der Waals surface area contributed by atoms with Gasteiger partial charge in [0.1, 0.15) is 0 Å². The van der Waals surface area contributed by atoms with Crippen LogP contribution in [0, 0.1) is 0 Å². The Kier molecular flexibility index (Phi) is 5.14. The van der Waals surface area contributed by atoms with Gasteiger partial charge in [-0.05, 0) is 23.3 Å². The van der Waals surface area contributed by atoms with Crippen molar-refractivity contribution < 1.29 is 9.84 Å². The van der Waals surface area contributed by atoms with Crippen LogP contribution in [0.5, 0.6) is 5.75 Å². The zero-order valence-corrected chi connectivity index (χ0v) is 12.2. The molecule has 100 valence electrons. The highest BCUT2D eigenvalue weighted by molar-refractivity contribution is 7.98. The minimum absolute atomic E-state index is 0.0252. The largest absolute Gasteiger partial charge is 0.494 e. The molecule has 1 N–H and O–H groups in total. The highest BCUT2D eigenvalue weighted by atomic mass is 35.5. The van der Waals surface area contributed by atoms with Crippen molar-refractivity contribution >= 4 is 23.4 Å². The third-order valence-corrected chi connectivity index (χ3v) is 4.07. The summed E-state index contributed by atoms with van der Waals surface area (Å²) in [4.78, 5) is 0.947. The Morgan fingerprint density at radius 3 is 2.53 bits per heavy atom. The lowest BCUT2D eigenvalue weighted by Crippen LogP contribution is -1.92. The van der Waals surface area contributed by atoms with Gasteiger partial charge in [-0.25, -0.2) is 0 Å². The Bertz CT molecular complexity index is 543. The Hall–Kier alpha value is -1.16. The number of hydrogen-bond acceptors (Lipinski definition) is 3. The van der Waals surface area contributed by atoms with Gasteiger partial charge >= 0.3 is 0 Å². The third-order valence-electron chi connectivity index (χ3n) is 2.69. The Morgan fingerprint density at radius 2 is 1.89 bits per heavy atom. The van der Waals surface area contributed by atoms with E-state index in [-0.39, 0.29) is 6.61 Å². The van der Waals surface area contributed by atoms with Crippen LogP contribution < -0.4 is 4.74 Å². The summed E-state index contributed by atoms with van der Waals surface area (Å²) >= 11 is 7.79. The van der Waals surface area contributed by atoms with Crippen LogP contribution >= 0.6 is 23.4 Å². The first-order valence-corrected chi connectivity index (χ1v) is 7.25. The Balaban J connectivity index is 2.21. The summed E-state index contributed by atoms with van der Waals surface area (Å²) in [6, 6.07) is 13.8. The van der Waals surface area contributed by atoms with Crippen LogP contribution in [0.15, 0.2) is 47.4 Å². The molecule has 4 heteroatoms. The molecule has 0 aromatic heterocycles. The summed E-state index contributed by atoms with van der Waals surface area (Å²) in [5, 5.41) is 9.76. The molecule has 0 radical (unpaired) electrons. The summed E-state index contributed by atoms with van der Waals surface area (Å²) < 4.78 is 5.33. The topological polar surface area (TPSA) is 29.5 Å². The van der Waals surface area contributed by atoms with Crippen molar-refractivity contribution in [2.24, 2.45) is 0 Å². The minimum Gasteiger partial charge on any atom is -0.494 e. The zero-order chi connectivity index (χ0) is 13.7. The van der Waals surface area contributed by atoms with Crippen LogP contribution in [0.4, 0.5) is 0 Å². The summed E-state index contributed by atoms with van der Waals surface area (Å²) in [5.74, 6) is 1.50. The number of benzene rings is 2. The molecule has 2 aromatic carbocycles. The second-order valence-electron chi connectivity index (χ2n) is 4.04. The Labute approximate surface area is 122 Å². The molecule has 0 bridgehead atoms. The fourth-order valence-corrected chi connectivity index (χ4v) is 3.20. The van der Waals surface area contributed by atoms with Gasteiger partial charge in [0.15, 0.2) is 5.75 Å². The molecule has 2 rings (SSSR count). The van der Waals surface area contributed by atoms with E-state index in [0.29, 0.717) is 10.8 Å². The minimum atomic E-state index is -0.0252.